The molecule has 1 fully saturated rings. The molecule has 0 bridgehead atoms. The largest absolute Gasteiger partial charge is 0.494 e. The molecule has 1 aliphatic rings. The predicted molar refractivity (Wildman–Crippen MR) is 277 cm³/mol. The van der Waals surface area contributed by atoms with E-state index in [9.17, 15) is 9.59 Å². The summed E-state index contributed by atoms with van der Waals surface area (Å²) in [5, 5.41) is 12.6. The Morgan fingerprint density at radius 3 is 1.78 bits per heavy atom. The van der Waals surface area contributed by atoms with Crippen LogP contribution in [0.25, 0.3) is 27.8 Å². The number of carbonyl (C=O) groups is 2. The zero-order valence-corrected chi connectivity index (χ0v) is 46.8. The third-order valence-electron chi connectivity index (χ3n) is 13.0. The van der Waals surface area contributed by atoms with Crippen molar-refractivity contribution in [1.82, 2.24) is 29.9 Å². The number of methoxy groups -OCH3 is 2. The van der Waals surface area contributed by atoms with E-state index in [0.29, 0.717) is 41.0 Å². The predicted octanol–water partition coefficient (Wildman–Crippen LogP) is 11.5. The van der Waals surface area contributed by atoms with Crippen LogP contribution in [-0.2, 0) is 40.8 Å². The van der Waals surface area contributed by atoms with Crippen LogP contribution in [0, 0.1) is 0 Å². The van der Waals surface area contributed by atoms with Gasteiger partial charge in [-0.1, -0.05) is 79.5 Å². The third-order valence-corrected chi connectivity index (χ3v) is 22.9. The minimum absolute atomic E-state index is 0.138. The molecule has 1 aliphatic heterocycles. The molecule has 0 amide bonds. The fourth-order valence-corrected chi connectivity index (χ4v) is 9.17. The van der Waals surface area contributed by atoms with Gasteiger partial charge >= 0.3 is 19.1 Å². The topological polar surface area (TPSA) is 162 Å². The van der Waals surface area contributed by atoms with Crippen molar-refractivity contribution in [3.8, 4) is 5.69 Å². The van der Waals surface area contributed by atoms with Gasteiger partial charge in [0, 0.05) is 21.3 Å². The van der Waals surface area contributed by atoms with Gasteiger partial charge in [0.2, 0.25) is 0 Å². The van der Waals surface area contributed by atoms with Crippen LogP contribution in [0.4, 0.5) is 0 Å². The Bertz CT molecular complexity index is 2700. The number of halogens is 2. The molecular weight excluding hydrogens is 1020 g/mol. The highest BCUT2D eigenvalue weighted by Gasteiger charge is 2.52. The first-order valence-electron chi connectivity index (χ1n) is 22.0. The number of ether oxygens (including phenoxy) is 2. The maximum Gasteiger partial charge on any atom is 0.494 e. The number of hydrogen-bond acceptors (Lipinski definition) is 12. The number of fused-ring (bicyclic) bond motifs is 2. The van der Waals surface area contributed by atoms with Gasteiger partial charge in [-0.25, -0.2) is 24.2 Å². The summed E-state index contributed by atoms with van der Waals surface area (Å²) < 4.78 is 38.2. The van der Waals surface area contributed by atoms with Crippen LogP contribution in [0.1, 0.15) is 101 Å². The van der Waals surface area contributed by atoms with Crippen molar-refractivity contribution in [3.63, 3.8) is 0 Å². The Hall–Kier alpha value is -4.08. The minimum Gasteiger partial charge on any atom is -0.464 e. The molecule has 1 N–H and O–H groups in total. The van der Waals surface area contributed by atoms with E-state index in [-0.39, 0.29) is 34.1 Å². The number of benzene rings is 2. The molecule has 0 aliphatic carbocycles. The summed E-state index contributed by atoms with van der Waals surface area (Å²) in [5.41, 5.74) is 5.02. The fraction of sp³-hybridized carbons (Fsp3) is 0.458. The summed E-state index contributed by atoms with van der Waals surface area (Å²) >= 11 is 7.21. The quantitative estimate of drug-likeness (QED) is 0.102. The second-order valence-electron chi connectivity index (χ2n) is 20.5. The van der Waals surface area contributed by atoms with E-state index in [2.05, 4.69) is 175 Å². The molecule has 19 heteroatoms. The van der Waals surface area contributed by atoms with E-state index in [1.165, 1.54) is 14.2 Å². The Kier molecular flexibility index (Phi) is 16.8. The van der Waals surface area contributed by atoms with Crippen LogP contribution < -0.4 is 5.46 Å². The number of nitrogens with one attached hydrogen (secondary N) is 1. The van der Waals surface area contributed by atoms with Crippen LogP contribution >= 0.6 is 31.9 Å². The molecule has 14 nitrogen and oxygen atoms in total. The average Bonchev–Trinajstić information content (AvgIpc) is 3.92. The summed E-state index contributed by atoms with van der Waals surface area (Å²) in [7, 11) is -1.33. The molecule has 7 rings (SSSR count). The Morgan fingerprint density at radius 2 is 1.24 bits per heavy atom. The van der Waals surface area contributed by atoms with Crippen LogP contribution in [0.15, 0.2) is 82.0 Å². The number of hydrogen-bond donors (Lipinski definition) is 1. The summed E-state index contributed by atoms with van der Waals surface area (Å²) in [6.07, 6.45) is 3.30. The summed E-state index contributed by atoms with van der Waals surface area (Å²) in [4.78, 5) is 31.7. The maximum atomic E-state index is 12.2. The first kappa shape index (κ1) is 53.9. The first-order valence-corrected chi connectivity index (χ1v) is 29.4. The molecule has 0 atom stereocenters. The number of esters is 2. The van der Waals surface area contributed by atoms with Crippen molar-refractivity contribution in [1.29, 1.82) is 0 Å². The van der Waals surface area contributed by atoms with Gasteiger partial charge in [0.1, 0.15) is 0 Å². The van der Waals surface area contributed by atoms with Crippen molar-refractivity contribution < 1.29 is 37.2 Å². The van der Waals surface area contributed by atoms with E-state index >= 15 is 0 Å². The fourth-order valence-electron chi connectivity index (χ4n) is 6.16. The van der Waals surface area contributed by atoms with Crippen LogP contribution in [-0.4, -0.2) is 91.1 Å². The van der Waals surface area contributed by atoms with Crippen LogP contribution in [0.3, 0.4) is 0 Å². The van der Waals surface area contributed by atoms with Gasteiger partial charge in [-0.3, -0.25) is 5.10 Å². The molecular formula is C48H65BBr2N6O8Si2. The van der Waals surface area contributed by atoms with Crippen molar-refractivity contribution in [2.75, 3.05) is 14.2 Å². The molecule has 5 heterocycles. The second-order valence-corrected chi connectivity index (χ2v) is 31.9. The SMILES string of the molecule is CC1(C)OB(c2cc(Br)cc(CO[Si](C)(C)C(C)(C)C)c2)OC1(C)C.COC(=O)c1[nH]nc2ncccc12.COC(=O)c1nn(-c2cc(Br)cc(CO[Si](C)(C)C(C)(C)C)c2)c2ncccc12. The molecule has 0 spiro atoms. The molecule has 67 heavy (non-hydrogen) atoms. The van der Waals surface area contributed by atoms with E-state index in [0.717, 1.165) is 31.2 Å². The van der Waals surface area contributed by atoms with Crippen molar-refractivity contribution in [3.05, 3.63) is 105 Å². The van der Waals surface area contributed by atoms with Crippen LogP contribution in [0.5, 0.6) is 0 Å². The molecule has 0 saturated carbocycles. The van der Waals surface area contributed by atoms with Crippen LogP contribution in [0.2, 0.25) is 36.3 Å². The first-order chi connectivity index (χ1) is 31.0. The number of aromatic nitrogens is 6. The highest BCUT2D eigenvalue weighted by molar-refractivity contribution is 9.10. The summed E-state index contributed by atoms with van der Waals surface area (Å²) in [6.45, 7) is 31.9. The van der Waals surface area contributed by atoms with Gasteiger partial charge in [-0.2, -0.15) is 10.2 Å². The molecule has 4 aromatic heterocycles. The minimum atomic E-state index is -1.87. The number of H-pyrrole nitrogens is 1. The maximum absolute atomic E-state index is 12.2. The van der Waals surface area contributed by atoms with Crippen molar-refractivity contribution in [2.24, 2.45) is 0 Å². The van der Waals surface area contributed by atoms with Gasteiger partial charge in [-0.05, 0) is 135 Å². The van der Waals surface area contributed by atoms with E-state index in [1.54, 1.807) is 35.3 Å². The van der Waals surface area contributed by atoms with Crippen molar-refractivity contribution in [2.45, 2.75) is 130 Å². The lowest BCUT2D eigenvalue weighted by molar-refractivity contribution is 0.00578. The Morgan fingerprint density at radius 1 is 0.731 bits per heavy atom. The Labute approximate surface area is 414 Å². The molecule has 0 radical (unpaired) electrons. The average molecular weight is 1080 g/mol. The normalized spacial score (nSPS) is 14.9. The number of rotatable bonds is 10. The van der Waals surface area contributed by atoms with E-state index in [1.807, 2.05) is 24.3 Å². The molecule has 6 aromatic rings. The van der Waals surface area contributed by atoms with Gasteiger partial charge in [-0.15, -0.1) is 0 Å². The molecule has 2 aromatic carbocycles. The molecule has 0 unspecified atom stereocenters. The van der Waals surface area contributed by atoms with Gasteiger partial charge in [0.15, 0.2) is 39.3 Å². The molecule has 1 saturated heterocycles. The monoisotopic (exact) mass is 1080 g/mol. The number of pyridine rings is 2. The van der Waals surface area contributed by atoms with Gasteiger partial charge < -0.3 is 27.6 Å². The third kappa shape index (κ3) is 12.8. The second kappa shape index (κ2) is 20.9. The summed E-state index contributed by atoms with van der Waals surface area (Å²) in [5.74, 6) is -0.922. The zero-order valence-electron chi connectivity index (χ0n) is 41.7. The smallest absolute Gasteiger partial charge is 0.464 e. The summed E-state index contributed by atoms with van der Waals surface area (Å²) in [6, 6.07) is 19.4. The lowest BCUT2D eigenvalue weighted by atomic mass is 9.78. The number of aromatic amines is 1. The number of nitrogens with zero attached hydrogens (tertiary/aromatic N) is 5. The van der Waals surface area contributed by atoms with E-state index < -0.39 is 28.6 Å². The van der Waals surface area contributed by atoms with Crippen molar-refractivity contribution >= 4 is 95.1 Å². The zero-order chi connectivity index (χ0) is 49.9. The lowest BCUT2D eigenvalue weighted by Crippen LogP contribution is -2.41. The van der Waals surface area contributed by atoms with E-state index in [4.69, 9.17) is 22.9 Å². The van der Waals surface area contributed by atoms with Gasteiger partial charge in [0.25, 0.3) is 0 Å². The highest BCUT2D eigenvalue weighted by atomic mass is 79.9. The molecule has 360 valence electrons. The Balaban J connectivity index is 0.000000200. The highest BCUT2D eigenvalue weighted by Crippen LogP contribution is 2.39. The lowest BCUT2D eigenvalue weighted by Gasteiger charge is -2.36. The number of carbonyl (C=O) groups excluding carboxylic acids is 2. The van der Waals surface area contributed by atoms with Gasteiger partial charge in [0.05, 0.1) is 55.1 Å². The standard InChI is InChI=1S/C21H26BrN3O3Si.C19H32BBrO3Si.C8H7N3O2/c1-21(2,3)29(5,6)28-13-14-10-15(22)12-16(11-14)25-19-17(8-7-9-23-19)18(24-25)20(26)27-4;1-17(2,3)25(8,9)22-13-14-10-15(12-16(21)11-14)20-23-18(4,5)19(6,7)24-20;1-13-8(12)6-5-3-2-4-9-7(5)11-10-6/h7-12H,13H2,1-6H3;10-12H,13H2,1-9H3;2-4H,1H3,(H,9,10,11).